The van der Waals surface area contributed by atoms with Gasteiger partial charge in [-0.2, -0.15) is 18.2 Å². The van der Waals surface area contributed by atoms with Crippen LogP contribution < -0.4 is 16.6 Å². The van der Waals surface area contributed by atoms with Crippen LogP contribution in [0.5, 0.6) is 0 Å². The predicted molar refractivity (Wildman–Crippen MR) is 62.3 cm³/mol. The summed E-state index contributed by atoms with van der Waals surface area (Å²) in [5.74, 6) is 4.86. The van der Waals surface area contributed by atoms with E-state index in [1.54, 1.807) is 0 Å². The summed E-state index contributed by atoms with van der Waals surface area (Å²) in [6, 6.07) is 0.797. The normalized spacial score (nSPS) is 20.1. The lowest BCUT2D eigenvalue weighted by Crippen LogP contribution is -2.30. The summed E-state index contributed by atoms with van der Waals surface area (Å²) < 4.78 is 43.2. The molecule has 1 aromatic heterocycles. The largest absolute Gasteiger partial charge is 0.433 e. The fourth-order valence-electron chi connectivity index (χ4n) is 1.79. The van der Waals surface area contributed by atoms with E-state index in [0.717, 1.165) is 18.9 Å². The van der Waals surface area contributed by atoms with Crippen LogP contribution in [0, 0.1) is 0 Å². The molecule has 1 aliphatic rings. The molecule has 1 atom stereocenters. The standard InChI is InChI=1S/C10H14F3N5O/c11-10(12,13)7-4-8(17-9(16-7)18-14)15-6-2-1-3-19-5-6/h4,6H,1-3,5,14H2,(H2,15,16,17,18). The summed E-state index contributed by atoms with van der Waals surface area (Å²) in [6.45, 7) is 1.11. The van der Waals surface area contributed by atoms with Gasteiger partial charge in [-0.3, -0.25) is 5.43 Å². The minimum atomic E-state index is -4.55. The lowest BCUT2D eigenvalue weighted by molar-refractivity contribution is -0.141. The maximum Gasteiger partial charge on any atom is 0.433 e. The monoisotopic (exact) mass is 277 g/mol. The molecule has 0 saturated carbocycles. The van der Waals surface area contributed by atoms with Crippen molar-refractivity contribution in [3.8, 4) is 0 Å². The van der Waals surface area contributed by atoms with Crippen molar-refractivity contribution in [1.82, 2.24) is 9.97 Å². The Morgan fingerprint density at radius 1 is 1.37 bits per heavy atom. The number of ether oxygens (including phenoxy) is 1. The van der Waals surface area contributed by atoms with Crippen molar-refractivity contribution in [2.24, 2.45) is 5.84 Å². The van der Waals surface area contributed by atoms with Crippen molar-refractivity contribution in [2.45, 2.75) is 25.1 Å². The minimum absolute atomic E-state index is 0.0599. The Hall–Kier alpha value is -1.61. The first-order valence-corrected chi connectivity index (χ1v) is 5.76. The first-order chi connectivity index (χ1) is 8.99. The third-order valence-corrected chi connectivity index (χ3v) is 2.66. The van der Waals surface area contributed by atoms with Crippen molar-refractivity contribution in [2.75, 3.05) is 24.0 Å². The molecular weight excluding hydrogens is 263 g/mol. The fraction of sp³-hybridized carbons (Fsp3) is 0.600. The van der Waals surface area contributed by atoms with Gasteiger partial charge in [0.2, 0.25) is 5.95 Å². The molecule has 0 amide bonds. The summed E-state index contributed by atoms with van der Waals surface area (Å²) in [7, 11) is 0. The molecular formula is C10H14F3N5O. The number of hydrogen-bond donors (Lipinski definition) is 3. The van der Waals surface area contributed by atoms with Gasteiger partial charge < -0.3 is 10.1 Å². The zero-order valence-corrected chi connectivity index (χ0v) is 10.00. The van der Waals surface area contributed by atoms with Crippen LogP contribution in [0.4, 0.5) is 24.9 Å². The highest BCUT2D eigenvalue weighted by Gasteiger charge is 2.34. The Balaban J connectivity index is 2.19. The van der Waals surface area contributed by atoms with Crippen LogP contribution in [0.15, 0.2) is 6.07 Å². The number of aromatic nitrogens is 2. The van der Waals surface area contributed by atoms with E-state index in [1.165, 1.54) is 0 Å². The molecule has 0 radical (unpaired) electrons. The Morgan fingerprint density at radius 2 is 2.16 bits per heavy atom. The molecule has 0 spiro atoms. The van der Waals surface area contributed by atoms with Gasteiger partial charge in [-0.15, -0.1) is 0 Å². The molecule has 0 bridgehead atoms. The van der Waals surface area contributed by atoms with Crippen LogP contribution >= 0.6 is 0 Å². The molecule has 4 N–H and O–H groups in total. The minimum Gasteiger partial charge on any atom is -0.379 e. The number of anilines is 2. The summed E-state index contributed by atoms with van der Waals surface area (Å²) in [5, 5.41) is 2.90. The number of halogens is 3. The number of nitrogens with two attached hydrogens (primary N) is 1. The van der Waals surface area contributed by atoms with Crippen LogP contribution in [-0.2, 0) is 10.9 Å². The second kappa shape index (κ2) is 5.57. The SMILES string of the molecule is NNc1nc(NC2CCCOC2)cc(C(F)(F)F)n1. The van der Waals surface area contributed by atoms with E-state index in [1.807, 2.05) is 5.43 Å². The molecule has 1 aromatic rings. The maximum atomic E-state index is 12.7. The molecule has 9 heteroatoms. The van der Waals surface area contributed by atoms with E-state index >= 15 is 0 Å². The molecule has 2 heterocycles. The first kappa shape index (κ1) is 13.8. The van der Waals surface area contributed by atoms with Gasteiger partial charge >= 0.3 is 6.18 Å². The maximum absolute atomic E-state index is 12.7. The van der Waals surface area contributed by atoms with Gasteiger partial charge in [-0.25, -0.2) is 10.8 Å². The molecule has 106 valence electrons. The smallest absolute Gasteiger partial charge is 0.379 e. The number of nitrogens with one attached hydrogen (secondary N) is 2. The highest BCUT2D eigenvalue weighted by molar-refractivity contribution is 5.43. The average molecular weight is 277 g/mol. The predicted octanol–water partition coefficient (Wildman–Crippen LogP) is 1.37. The van der Waals surface area contributed by atoms with Gasteiger partial charge in [-0.05, 0) is 12.8 Å². The molecule has 1 unspecified atom stereocenters. The van der Waals surface area contributed by atoms with E-state index in [4.69, 9.17) is 10.6 Å². The van der Waals surface area contributed by atoms with Gasteiger partial charge in [0.25, 0.3) is 0 Å². The van der Waals surface area contributed by atoms with Crippen LogP contribution in [0.25, 0.3) is 0 Å². The molecule has 1 saturated heterocycles. The number of hydrazine groups is 1. The second-order valence-electron chi connectivity index (χ2n) is 4.16. The van der Waals surface area contributed by atoms with Crippen LogP contribution in [0.3, 0.4) is 0 Å². The van der Waals surface area contributed by atoms with Gasteiger partial charge in [0, 0.05) is 12.7 Å². The lowest BCUT2D eigenvalue weighted by atomic mass is 10.1. The Labute approximate surface area is 107 Å². The van der Waals surface area contributed by atoms with Gasteiger partial charge in [0.1, 0.15) is 5.82 Å². The number of rotatable bonds is 3. The Morgan fingerprint density at radius 3 is 2.74 bits per heavy atom. The molecule has 2 rings (SSSR count). The second-order valence-corrected chi connectivity index (χ2v) is 4.16. The van der Waals surface area contributed by atoms with E-state index in [-0.39, 0.29) is 17.8 Å². The van der Waals surface area contributed by atoms with E-state index in [2.05, 4.69) is 15.3 Å². The number of nitrogens with zero attached hydrogens (tertiary/aromatic N) is 2. The van der Waals surface area contributed by atoms with Crippen molar-refractivity contribution in [3.05, 3.63) is 11.8 Å². The molecule has 19 heavy (non-hydrogen) atoms. The Kier molecular flexibility index (Phi) is 4.05. The van der Waals surface area contributed by atoms with Crippen molar-refractivity contribution < 1.29 is 17.9 Å². The topological polar surface area (TPSA) is 85.1 Å². The Bertz CT molecular complexity index is 434. The van der Waals surface area contributed by atoms with E-state index in [9.17, 15) is 13.2 Å². The molecule has 1 aliphatic heterocycles. The van der Waals surface area contributed by atoms with Crippen LogP contribution in [0.2, 0.25) is 0 Å². The summed E-state index contributed by atoms with van der Waals surface area (Å²) in [6.07, 6.45) is -2.87. The lowest BCUT2D eigenvalue weighted by Gasteiger charge is -2.24. The van der Waals surface area contributed by atoms with E-state index < -0.39 is 11.9 Å². The molecule has 6 nitrogen and oxygen atoms in total. The summed E-state index contributed by atoms with van der Waals surface area (Å²) in [5.41, 5.74) is 0.977. The number of nitrogen functional groups attached to an aromatic ring is 1. The molecule has 0 aromatic carbocycles. The number of alkyl halides is 3. The highest BCUT2D eigenvalue weighted by atomic mass is 19.4. The zero-order chi connectivity index (χ0) is 13.9. The van der Waals surface area contributed by atoms with Gasteiger partial charge in [0.05, 0.1) is 12.6 Å². The first-order valence-electron chi connectivity index (χ1n) is 5.76. The fourth-order valence-corrected chi connectivity index (χ4v) is 1.79. The summed E-state index contributed by atoms with van der Waals surface area (Å²) >= 11 is 0. The number of hydrogen-bond acceptors (Lipinski definition) is 6. The quantitative estimate of drug-likeness (QED) is 0.571. The van der Waals surface area contributed by atoms with Crippen LogP contribution in [0.1, 0.15) is 18.5 Å². The molecule has 0 aliphatic carbocycles. The van der Waals surface area contributed by atoms with Crippen molar-refractivity contribution >= 4 is 11.8 Å². The van der Waals surface area contributed by atoms with Crippen molar-refractivity contribution in [1.29, 1.82) is 0 Å². The third kappa shape index (κ3) is 3.67. The summed E-state index contributed by atoms with van der Waals surface area (Å²) in [4.78, 5) is 7.12. The zero-order valence-electron chi connectivity index (χ0n) is 10.00. The van der Waals surface area contributed by atoms with E-state index in [0.29, 0.717) is 13.2 Å². The van der Waals surface area contributed by atoms with Crippen molar-refractivity contribution in [3.63, 3.8) is 0 Å². The molecule has 1 fully saturated rings. The van der Waals surface area contributed by atoms with Gasteiger partial charge in [0.15, 0.2) is 5.69 Å². The van der Waals surface area contributed by atoms with Gasteiger partial charge in [-0.1, -0.05) is 0 Å². The van der Waals surface area contributed by atoms with Crippen LogP contribution in [-0.4, -0.2) is 29.2 Å². The highest BCUT2D eigenvalue weighted by Crippen LogP contribution is 2.29. The third-order valence-electron chi connectivity index (χ3n) is 2.66. The average Bonchev–Trinajstić information content (AvgIpc) is 2.38.